The van der Waals surface area contributed by atoms with E-state index in [-0.39, 0.29) is 32.2 Å². The minimum absolute atomic E-state index is 0.177. The smallest absolute Gasteiger partial charge is 0.361 e. The van der Waals surface area contributed by atoms with E-state index >= 15 is 0 Å². The lowest BCUT2D eigenvalue weighted by molar-refractivity contribution is -0.870. The molecule has 9 heteroatoms. The van der Waals surface area contributed by atoms with Gasteiger partial charge in [0.15, 0.2) is 6.10 Å². The highest BCUT2D eigenvalue weighted by Crippen LogP contribution is 2.18. The number of hydrogen-bond acceptors (Lipinski definition) is 7. The lowest BCUT2D eigenvalue weighted by atomic mass is 10.0. The molecule has 0 aliphatic heterocycles. The molecule has 0 amide bonds. The molecule has 0 rings (SSSR count). The van der Waals surface area contributed by atoms with Gasteiger partial charge in [0, 0.05) is 12.8 Å². The van der Waals surface area contributed by atoms with E-state index in [4.69, 9.17) is 18.9 Å². The minimum Gasteiger partial charge on any atom is -0.477 e. The molecular formula is C80H140NO8+. The Balaban J connectivity index is 4.15. The summed E-state index contributed by atoms with van der Waals surface area (Å²) in [6, 6.07) is 0. The Kier molecular flexibility index (Phi) is 66.7. The van der Waals surface area contributed by atoms with Gasteiger partial charge in [-0.15, -0.1) is 0 Å². The molecule has 0 aliphatic carbocycles. The van der Waals surface area contributed by atoms with Crippen LogP contribution in [0.15, 0.2) is 109 Å². The largest absolute Gasteiger partial charge is 0.477 e. The molecule has 0 bridgehead atoms. The highest BCUT2D eigenvalue weighted by Gasteiger charge is 2.25. The Labute approximate surface area is 549 Å². The summed E-state index contributed by atoms with van der Waals surface area (Å²) in [5.74, 6) is -2.05. The van der Waals surface area contributed by atoms with Crippen LogP contribution in [-0.4, -0.2) is 87.4 Å². The highest BCUT2D eigenvalue weighted by atomic mass is 16.7. The van der Waals surface area contributed by atoms with Crippen molar-refractivity contribution in [2.45, 2.75) is 334 Å². The maximum Gasteiger partial charge on any atom is 0.361 e. The monoisotopic (exact) mass is 1240 g/mol. The van der Waals surface area contributed by atoms with Crippen molar-refractivity contribution in [3.8, 4) is 0 Å². The molecule has 0 radical (unpaired) electrons. The van der Waals surface area contributed by atoms with Crippen LogP contribution in [0.5, 0.6) is 0 Å². The van der Waals surface area contributed by atoms with Gasteiger partial charge in [-0.1, -0.05) is 335 Å². The normalized spacial score (nSPS) is 13.3. The number of carbonyl (C=O) groups excluding carboxylic acids is 2. The second kappa shape index (κ2) is 69.8. The summed E-state index contributed by atoms with van der Waals surface area (Å²) < 4.78 is 23.0. The number of likely N-dealkylation sites (N-methyl/N-ethyl adjacent to an activating group) is 1. The SMILES string of the molecule is CC/C=C\C/C=C\C/C=C\C/C=C\C/C=C\C/C=C\C/C=C\C/C=C\C/C=C\CCCCCC(=O)OC(COC(=O)CCCCCCCCCCCCCCCCCCCCCCCCCCCCCCCCCCC)COC(OCC[N+](C)(C)C)C(=O)O. The molecule has 2 unspecified atom stereocenters. The zero-order chi connectivity index (χ0) is 64.7. The van der Waals surface area contributed by atoms with Crippen LogP contribution in [0, 0.1) is 0 Å². The Morgan fingerprint density at radius 3 is 0.955 bits per heavy atom. The Morgan fingerprint density at radius 1 is 0.348 bits per heavy atom. The van der Waals surface area contributed by atoms with Gasteiger partial charge in [0.1, 0.15) is 13.2 Å². The molecule has 0 aliphatic rings. The van der Waals surface area contributed by atoms with Crippen LogP contribution in [0.2, 0.25) is 0 Å². The fourth-order valence-corrected chi connectivity index (χ4v) is 10.4. The number of hydrogen-bond donors (Lipinski definition) is 1. The molecule has 9 nitrogen and oxygen atoms in total. The first-order chi connectivity index (χ1) is 43.6. The van der Waals surface area contributed by atoms with E-state index in [0.29, 0.717) is 23.9 Å². The summed E-state index contributed by atoms with van der Waals surface area (Å²) in [4.78, 5) is 37.6. The van der Waals surface area contributed by atoms with Gasteiger partial charge in [-0.05, 0) is 83.5 Å². The summed E-state index contributed by atoms with van der Waals surface area (Å²) in [6.07, 6.45) is 95.1. The van der Waals surface area contributed by atoms with Gasteiger partial charge in [-0.3, -0.25) is 9.59 Å². The zero-order valence-electron chi connectivity index (χ0n) is 58.6. The lowest BCUT2D eigenvalue weighted by Gasteiger charge is -2.25. The molecule has 2 atom stereocenters. The molecule has 0 spiro atoms. The number of carboxylic acids is 1. The van der Waals surface area contributed by atoms with Crippen LogP contribution >= 0.6 is 0 Å². The van der Waals surface area contributed by atoms with Gasteiger partial charge in [0.25, 0.3) is 6.29 Å². The van der Waals surface area contributed by atoms with Crippen LogP contribution in [0.1, 0.15) is 322 Å². The van der Waals surface area contributed by atoms with Crippen LogP contribution in [-0.2, 0) is 33.3 Å². The molecule has 512 valence electrons. The number of esters is 2. The zero-order valence-corrected chi connectivity index (χ0v) is 58.6. The van der Waals surface area contributed by atoms with Crippen molar-refractivity contribution in [1.82, 2.24) is 0 Å². The summed E-state index contributed by atoms with van der Waals surface area (Å²) in [6.45, 7) is 4.76. The number of quaternary nitrogens is 1. The van der Waals surface area contributed by atoms with E-state index < -0.39 is 24.3 Å². The Hall–Kier alpha value is -4.05. The van der Waals surface area contributed by atoms with Crippen LogP contribution in [0.25, 0.3) is 0 Å². The first-order valence-electron chi connectivity index (χ1n) is 37.1. The van der Waals surface area contributed by atoms with Crippen molar-refractivity contribution in [2.24, 2.45) is 0 Å². The first-order valence-corrected chi connectivity index (χ1v) is 37.1. The fraction of sp³-hybridized carbons (Fsp3) is 0.738. The fourth-order valence-electron chi connectivity index (χ4n) is 10.4. The molecule has 0 heterocycles. The number of nitrogens with zero attached hydrogens (tertiary/aromatic N) is 1. The maximum atomic E-state index is 12.9. The van der Waals surface area contributed by atoms with Gasteiger partial charge in [0.05, 0.1) is 34.4 Å². The van der Waals surface area contributed by atoms with E-state index in [0.717, 1.165) is 96.3 Å². The third-order valence-electron chi connectivity index (χ3n) is 16.0. The number of rotatable bonds is 68. The Bertz CT molecular complexity index is 1830. The van der Waals surface area contributed by atoms with E-state index in [9.17, 15) is 19.5 Å². The number of carbonyl (C=O) groups is 3. The quantitative estimate of drug-likeness (QED) is 0.0211. The third-order valence-corrected chi connectivity index (χ3v) is 16.0. The lowest BCUT2D eigenvalue weighted by Crippen LogP contribution is -2.40. The molecule has 1 N–H and O–H groups in total. The van der Waals surface area contributed by atoms with Crippen molar-refractivity contribution >= 4 is 17.9 Å². The summed E-state index contributed by atoms with van der Waals surface area (Å²) in [7, 11) is 5.97. The first kappa shape index (κ1) is 85.0. The number of unbranched alkanes of at least 4 members (excludes halogenated alkanes) is 35. The van der Waals surface area contributed by atoms with Crippen molar-refractivity contribution in [1.29, 1.82) is 0 Å². The van der Waals surface area contributed by atoms with E-state index in [2.05, 4.69) is 123 Å². The van der Waals surface area contributed by atoms with Crippen LogP contribution < -0.4 is 0 Å². The Morgan fingerprint density at radius 2 is 0.640 bits per heavy atom. The van der Waals surface area contributed by atoms with Crippen molar-refractivity contribution in [3.05, 3.63) is 109 Å². The van der Waals surface area contributed by atoms with Crippen molar-refractivity contribution in [3.63, 3.8) is 0 Å². The van der Waals surface area contributed by atoms with Gasteiger partial charge >= 0.3 is 17.9 Å². The maximum absolute atomic E-state index is 12.9. The van der Waals surface area contributed by atoms with Crippen molar-refractivity contribution < 1.29 is 42.9 Å². The van der Waals surface area contributed by atoms with Crippen LogP contribution in [0.3, 0.4) is 0 Å². The van der Waals surface area contributed by atoms with E-state index in [1.807, 2.05) is 21.1 Å². The number of allylic oxidation sites excluding steroid dienone is 18. The topological polar surface area (TPSA) is 108 Å². The molecule has 0 aromatic rings. The van der Waals surface area contributed by atoms with E-state index in [1.165, 1.54) is 193 Å². The average Bonchev–Trinajstić information content (AvgIpc) is 3.64. The molecular weight excluding hydrogens is 1100 g/mol. The second-order valence-electron chi connectivity index (χ2n) is 25.9. The van der Waals surface area contributed by atoms with Crippen LogP contribution in [0.4, 0.5) is 0 Å². The summed E-state index contributed by atoms with van der Waals surface area (Å²) >= 11 is 0. The van der Waals surface area contributed by atoms with Gasteiger partial charge in [-0.25, -0.2) is 4.79 Å². The average molecular weight is 1240 g/mol. The molecule has 0 saturated heterocycles. The van der Waals surface area contributed by atoms with Gasteiger partial charge < -0.3 is 28.5 Å². The minimum atomic E-state index is -1.53. The third kappa shape index (κ3) is 71.3. The number of aliphatic carboxylic acids is 1. The predicted molar refractivity (Wildman–Crippen MR) is 382 cm³/mol. The second-order valence-corrected chi connectivity index (χ2v) is 25.9. The van der Waals surface area contributed by atoms with Gasteiger partial charge in [0.2, 0.25) is 0 Å². The summed E-state index contributed by atoms with van der Waals surface area (Å²) in [5.41, 5.74) is 0. The molecule has 0 aromatic heterocycles. The molecule has 0 fully saturated rings. The predicted octanol–water partition coefficient (Wildman–Crippen LogP) is 23.4. The number of ether oxygens (including phenoxy) is 4. The molecule has 0 aromatic carbocycles. The standard InChI is InChI=1S/C80H139NO8/c1-6-8-10-12-14-16-18-20-22-24-26-28-30-32-34-36-38-39-41-42-44-46-48-50-52-54-56-58-60-62-64-66-68-70-77(82)87-74-76(75-88-80(79(84)85)86-73-72-81(3,4)5)89-78(83)71-69-67-65-63-61-59-57-55-53-51-49-47-45-43-40-37-35-33-31-29-27-25-23-21-19-17-15-13-11-9-7-2/h9,11,15,17,21,23,27,29,33,35,40,43,47,49,53,55,59,61,76,80H,6-8,10,12-14,16,18-20,22,24-26,28,30-32,34,36-39,41-42,44-46,48,50-52,54,56-58,60,62-75H2,1-5H3/p+1/b11-9-,17-15-,23-21-,29-27-,35-33-,43-40-,49-47-,55-53-,61-59-. The molecule has 0 saturated carbocycles. The van der Waals surface area contributed by atoms with E-state index in [1.54, 1.807) is 0 Å². The summed E-state index contributed by atoms with van der Waals surface area (Å²) in [5, 5.41) is 9.75. The van der Waals surface area contributed by atoms with Crippen molar-refractivity contribution in [2.75, 3.05) is 47.5 Å². The molecule has 89 heavy (non-hydrogen) atoms. The van der Waals surface area contributed by atoms with Gasteiger partial charge in [-0.2, -0.15) is 0 Å². The highest BCUT2D eigenvalue weighted by molar-refractivity contribution is 5.71. The number of carboxylic acid groups (broad SMARTS) is 1.